The van der Waals surface area contributed by atoms with E-state index in [0.29, 0.717) is 27.9 Å². The van der Waals surface area contributed by atoms with Crippen LogP contribution in [0.2, 0.25) is 0 Å². The van der Waals surface area contributed by atoms with Crippen LogP contribution in [0.3, 0.4) is 0 Å². The maximum atomic E-state index is 9.43. The molecule has 9 aromatic carbocycles. The minimum Gasteiger partial charge on any atom is -0.456 e. The van der Waals surface area contributed by atoms with Crippen LogP contribution in [0.4, 0.5) is 0 Å². The third-order valence-electron chi connectivity index (χ3n) is 9.30. The molecule has 10 rings (SSSR count). The average Bonchev–Trinajstić information content (AvgIpc) is 3.61. The van der Waals surface area contributed by atoms with Gasteiger partial charge in [-0.05, 0) is 94.7 Å². The summed E-state index contributed by atoms with van der Waals surface area (Å²) in [6.07, 6.45) is 0. The Hall–Kier alpha value is -6.18. The van der Waals surface area contributed by atoms with Crippen molar-refractivity contribution in [3.05, 3.63) is 170 Å². The molecule has 0 aliphatic rings. The van der Waals surface area contributed by atoms with Crippen LogP contribution in [-0.4, -0.2) is 0 Å². The molecule has 0 unspecified atom stereocenters. The number of furan rings is 1. The van der Waals surface area contributed by atoms with Crippen LogP contribution in [-0.2, 0) is 0 Å². The maximum Gasteiger partial charge on any atom is 0.136 e. The fraction of sp³-hybridized carbons (Fsp3) is 0. The SMILES string of the molecule is [2H]c1c([2H])c([2H])c2c(-c3ccc(-c4ccccc4)c4ccccc34)c3c([2H])c([2H])c([2H])c([2H])c3c(-c3ccc4c(c3)oc3ccc5ccccc5c34)c2c1[2H]. The van der Waals surface area contributed by atoms with Crippen LogP contribution in [0.5, 0.6) is 0 Å². The monoisotopic (exact) mass is 604 g/mol. The standard InChI is InChI=1S/C46H28O/c1-2-12-29(13-3-1)32-25-26-40(35-17-7-6-16-34(32)35)45-38-20-10-8-18-36(38)44(37-19-9-11-21-39(37)45)31-22-24-41-43(28-31)47-42-27-23-30-14-4-5-15-33(30)46(41)42/h1-28H/i8D,9D,10D,11D,18D,19D,20D,21D. The zero-order valence-corrected chi connectivity index (χ0v) is 25.0. The lowest BCUT2D eigenvalue weighted by molar-refractivity contribution is 0.669. The van der Waals surface area contributed by atoms with Crippen LogP contribution in [0.15, 0.2) is 174 Å². The first kappa shape index (κ1) is 19.4. The number of hydrogen-bond acceptors (Lipinski definition) is 1. The first-order valence-corrected chi connectivity index (χ1v) is 15.5. The molecule has 1 heteroatoms. The van der Waals surface area contributed by atoms with Gasteiger partial charge >= 0.3 is 0 Å². The van der Waals surface area contributed by atoms with Gasteiger partial charge in [0.2, 0.25) is 0 Å². The Morgan fingerprint density at radius 2 is 0.979 bits per heavy atom. The predicted octanol–water partition coefficient (Wildman–Crippen LogP) is 13.2. The van der Waals surface area contributed by atoms with Crippen molar-refractivity contribution >= 4 is 65.0 Å². The Bertz CT molecular complexity index is 3220. The van der Waals surface area contributed by atoms with E-state index in [1.54, 1.807) is 0 Å². The molecule has 0 aliphatic heterocycles. The first-order valence-electron chi connectivity index (χ1n) is 19.5. The lowest BCUT2D eigenvalue weighted by Gasteiger charge is -2.19. The lowest BCUT2D eigenvalue weighted by atomic mass is 9.83. The van der Waals surface area contributed by atoms with Crippen LogP contribution in [0, 0.1) is 0 Å². The van der Waals surface area contributed by atoms with Gasteiger partial charge < -0.3 is 4.42 Å². The van der Waals surface area contributed by atoms with Crippen LogP contribution in [0.25, 0.3) is 98.4 Å². The van der Waals surface area contributed by atoms with Gasteiger partial charge in [0, 0.05) is 10.8 Å². The molecule has 0 amide bonds. The largest absolute Gasteiger partial charge is 0.456 e. The van der Waals surface area contributed by atoms with E-state index in [2.05, 4.69) is 0 Å². The van der Waals surface area contributed by atoms with Crippen LogP contribution >= 0.6 is 0 Å². The first-order chi connectivity index (χ1) is 26.7. The van der Waals surface area contributed by atoms with Crippen molar-refractivity contribution < 1.29 is 15.4 Å². The highest BCUT2D eigenvalue weighted by molar-refractivity contribution is 6.25. The molecule has 1 heterocycles. The van der Waals surface area contributed by atoms with Crippen LogP contribution < -0.4 is 0 Å². The summed E-state index contributed by atoms with van der Waals surface area (Å²) in [6, 6.07) is 36.2. The smallest absolute Gasteiger partial charge is 0.136 e. The molecular formula is C46H28O. The quantitative estimate of drug-likeness (QED) is 0.183. The second-order valence-electron chi connectivity index (χ2n) is 11.8. The van der Waals surface area contributed by atoms with Gasteiger partial charge in [-0.2, -0.15) is 0 Å². The molecule has 0 N–H and O–H groups in total. The normalized spacial score (nSPS) is 14.2. The number of hydrogen-bond donors (Lipinski definition) is 0. The average molecular weight is 605 g/mol. The number of rotatable bonds is 3. The van der Waals surface area contributed by atoms with Gasteiger partial charge in [0.25, 0.3) is 0 Å². The third kappa shape index (κ3) is 3.90. The summed E-state index contributed by atoms with van der Waals surface area (Å²) in [5.41, 5.74) is 4.87. The second kappa shape index (κ2) is 10.2. The van der Waals surface area contributed by atoms with Crippen molar-refractivity contribution in [2.24, 2.45) is 0 Å². The van der Waals surface area contributed by atoms with Crippen molar-refractivity contribution in [3.8, 4) is 33.4 Å². The van der Waals surface area contributed by atoms with Crippen molar-refractivity contribution in [1.29, 1.82) is 0 Å². The number of fused-ring (bicyclic) bond motifs is 8. The molecule has 0 saturated heterocycles. The molecule has 10 aromatic rings. The van der Waals surface area contributed by atoms with Gasteiger partial charge in [-0.15, -0.1) is 0 Å². The summed E-state index contributed by atoms with van der Waals surface area (Å²) in [5.74, 6) is 0. The minimum atomic E-state index is -0.439. The van der Waals surface area contributed by atoms with Gasteiger partial charge in [-0.1, -0.05) is 151 Å². The van der Waals surface area contributed by atoms with Gasteiger partial charge in [0.1, 0.15) is 11.2 Å². The highest BCUT2D eigenvalue weighted by Gasteiger charge is 2.20. The second-order valence-corrected chi connectivity index (χ2v) is 11.8. The zero-order valence-electron chi connectivity index (χ0n) is 33.0. The Kier molecular flexibility index (Phi) is 4.19. The zero-order chi connectivity index (χ0) is 37.9. The van der Waals surface area contributed by atoms with E-state index >= 15 is 0 Å². The minimum absolute atomic E-state index is 0.163. The molecule has 0 aliphatic carbocycles. The maximum absolute atomic E-state index is 9.43. The predicted molar refractivity (Wildman–Crippen MR) is 200 cm³/mol. The van der Waals surface area contributed by atoms with Gasteiger partial charge in [0.15, 0.2) is 0 Å². The van der Waals surface area contributed by atoms with Gasteiger partial charge in [-0.3, -0.25) is 0 Å². The Morgan fingerprint density at radius 3 is 1.70 bits per heavy atom. The molecule has 47 heavy (non-hydrogen) atoms. The molecule has 0 radical (unpaired) electrons. The topological polar surface area (TPSA) is 13.1 Å². The summed E-state index contributed by atoms with van der Waals surface area (Å²) in [7, 11) is 0. The van der Waals surface area contributed by atoms with Crippen molar-refractivity contribution in [1.82, 2.24) is 0 Å². The summed E-state index contributed by atoms with van der Waals surface area (Å²) in [6.45, 7) is 0. The molecular weight excluding hydrogens is 569 g/mol. The summed E-state index contributed by atoms with van der Waals surface area (Å²) < 4.78 is 79.6. The third-order valence-corrected chi connectivity index (χ3v) is 9.30. The molecule has 0 fully saturated rings. The Morgan fingerprint density at radius 1 is 0.383 bits per heavy atom. The molecule has 1 nitrogen and oxygen atoms in total. The summed E-state index contributed by atoms with van der Waals surface area (Å²) in [4.78, 5) is 0. The van der Waals surface area contributed by atoms with Crippen LogP contribution in [0.1, 0.15) is 11.0 Å². The Balaban J connectivity index is 1.40. The molecule has 0 bridgehead atoms. The molecule has 0 spiro atoms. The molecule has 1 aromatic heterocycles. The van der Waals surface area contributed by atoms with E-state index in [9.17, 15) is 5.48 Å². The van der Waals surface area contributed by atoms with Crippen molar-refractivity contribution in [3.63, 3.8) is 0 Å². The molecule has 0 atom stereocenters. The lowest BCUT2D eigenvalue weighted by Crippen LogP contribution is -1.92. The van der Waals surface area contributed by atoms with Crippen molar-refractivity contribution in [2.45, 2.75) is 0 Å². The van der Waals surface area contributed by atoms with E-state index in [1.807, 2.05) is 121 Å². The van der Waals surface area contributed by atoms with E-state index in [-0.39, 0.29) is 51.3 Å². The summed E-state index contributed by atoms with van der Waals surface area (Å²) in [5, 5.41) is 6.22. The van der Waals surface area contributed by atoms with E-state index in [4.69, 9.17) is 9.90 Å². The highest BCUT2D eigenvalue weighted by Crippen LogP contribution is 2.47. The van der Waals surface area contributed by atoms with Gasteiger partial charge in [0.05, 0.1) is 11.0 Å². The van der Waals surface area contributed by atoms with E-state index in [1.165, 1.54) is 0 Å². The fourth-order valence-electron chi connectivity index (χ4n) is 7.27. The number of benzene rings is 9. The molecule has 218 valence electrons. The Labute approximate surface area is 283 Å². The highest BCUT2D eigenvalue weighted by atomic mass is 16.3. The molecule has 0 saturated carbocycles. The van der Waals surface area contributed by atoms with Crippen molar-refractivity contribution in [2.75, 3.05) is 0 Å². The van der Waals surface area contributed by atoms with E-state index < -0.39 is 24.2 Å². The summed E-state index contributed by atoms with van der Waals surface area (Å²) >= 11 is 0. The van der Waals surface area contributed by atoms with Gasteiger partial charge in [-0.25, -0.2) is 0 Å². The fourth-order valence-corrected chi connectivity index (χ4v) is 7.27. The van der Waals surface area contributed by atoms with E-state index in [0.717, 1.165) is 43.4 Å².